The van der Waals surface area contributed by atoms with Crippen molar-refractivity contribution < 1.29 is 13.9 Å². The van der Waals surface area contributed by atoms with Gasteiger partial charge in [-0.1, -0.05) is 52.3 Å². The second-order valence-electron chi connectivity index (χ2n) is 6.70. The van der Waals surface area contributed by atoms with Crippen LogP contribution in [0.2, 0.25) is 0 Å². The number of carbonyl (C=O) groups excluding carboxylic acids is 1. The number of hydrogen-bond donors (Lipinski definition) is 0. The molecule has 6 heteroatoms. The van der Waals surface area contributed by atoms with E-state index in [4.69, 9.17) is 4.74 Å². The molecule has 1 unspecified atom stereocenters. The molecule has 0 aromatic heterocycles. The summed E-state index contributed by atoms with van der Waals surface area (Å²) >= 11 is 5.69. The average molecular weight is 544 g/mol. The molecule has 2 aromatic carbocycles. The molecule has 1 aliphatic rings. The van der Waals surface area contributed by atoms with E-state index in [2.05, 4.69) is 45.1 Å². The first-order chi connectivity index (χ1) is 12.8. The van der Waals surface area contributed by atoms with Crippen LogP contribution in [0.4, 0.5) is 9.18 Å². The van der Waals surface area contributed by atoms with E-state index in [1.807, 2.05) is 31.2 Å². The predicted molar refractivity (Wildman–Crippen MR) is 116 cm³/mol. The summed E-state index contributed by atoms with van der Waals surface area (Å²) in [5.74, 6) is -0.370. The van der Waals surface area contributed by atoms with Crippen LogP contribution < -0.4 is 0 Å². The molecule has 27 heavy (non-hydrogen) atoms. The van der Waals surface area contributed by atoms with Crippen LogP contribution >= 0.6 is 38.5 Å². The van der Waals surface area contributed by atoms with Crippen LogP contribution in [0.15, 0.2) is 65.7 Å². The fourth-order valence-electron chi connectivity index (χ4n) is 3.46. The van der Waals surface area contributed by atoms with E-state index in [9.17, 15) is 9.18 Å². The molecule has 0 bridgehead atoms. The quantitative estimate of drug-likeness (QED) is 0.186. The van der Waals surface area contributed by atoms with E-state index in [0.29, 0.717) is 24.9 Å². The van der Waals surface area contributed by atoms with Crippen molar-refractivity contribution in [3.8, 4) is 0 Å². The molecule has 0 aliphatic carbocycles. The third kappa shape index (κ3) is 3.92. The van der Waals surface area contributed by atoms with Gasteiger partial charge < -0.3 is 4.74 Å². The van der Waals surface area contributed by atoms with Crippen molar-refractivity contribution in [2.24, 2.45) is 0 Å². The molecule has 142 valence electrons. The van der Waals surface area contributed by atoms with Crippen molar-refractivity contribution >= 4 is 44.6 Å². The van der Waals surface area contributed by atoms with Gasteiger partial charge in [-0.05, 0) is 53.3 Å². The molecule has 3 rings (SSSR count). The van der Waals surface area contributed by atoms with Crippen molar-refractivity contribution in [2.45, 2.75) is 28.9 Å². The van der Waals surface area contributed by atoms with E-state index < -0.39 is 15.2 Å². The minimum atomic E-state index is -1.02. The van der Waals surface area contributed by atoms with E-state index >= 15 is 0 Å². The first kappa shape index (κ1) is 20.3. The summed E-state index contributed by atoms with van der Waals surface area (Å²) in [7, 11) is 0. The standard InChI is InChI=1S/C21H20BrFINO2/c1-3-12-21(17-6-4-5-7-18(17)23)13-14-25(19(26)27-21)20(2,24)15-8-10-16(22)11-9-15/h3-11H,1,12-14H2,2H3/t20-,21?/m1/s1. The number of benzene rings is 2. The molecule has 3 nitrogen and oxygen atoms in total. The van der Waals surface area contributed by atoms with E-state index in [0.717, 1.165) is 10.0 Å². The van der Waals surface area contributed by atoms with Gasteiger partial charge in [-0.15, -0.1) is 6.58 Å². The highest BCUT2D eigenvalue weighted by molar-refractivity contribution is 14.1. The van der Waals surface area contributed by atoms with Crippen LogP contribution in [0.3, 0.4) is 0 Å². The zero-order chi connectivity index (χ0) is 19.7. The average Bonchev–Trinajstić information content (AvgIpc) is 2.62. The number of ether oxygens (including phenoxy) is 1. The maximum Gasteiger partial charge on any atom is 0.412 e. The van der Waals surface area contributed by atoms with Gasteiger partial charge in [0, 0.05) is 29.4 Å². The van der Waals surface area contributed by atoms with Crippen LogP contribution in [-0.2, 0) is 13.9 Å². The lowest BCUT2D eigenvalue weighted by Crippen LogP contribution is -2.53. The number of rotatable bonds is 5. The molecule has 1 saturated heterocycles. The summed E-state index contributed by atoms with van der Waals surface area (Å²) in [5.41, 5.74) is 0.370. The second kappa shape index (κ2) is 7.91. The van der Waals surface area contributed by atoms with Gasteiger partial charge in [0.15, 0.2) is 0 Å². The molecule has 0 N–H and O–H groups in total. The Morgan fingerprint density at radius 2 is 2.00 bits per heavy atom. The lowest BCUT2D eigenvalue weighted by atomic mass is 9.85. The van der Waals surface area contributed by atoms with Gasteiger partial charge in [0.05, 0.1) is 0 Å². The number of cyclic esters (lactones) is 1. The van der Waals surface area contributed by atoms with Gasteiger partial charge >= 0.3 is 6.09 Å². The van der Waals surface area contributed by atoms with Gasteiger partial charge in [0.1, 0.15) is 15.0 Å². The van der Waals surface area contributed by atoms with E-state index in [1.54, 1.807) is 29.2 Å². The Morgan fingerprint density at radius 3 is 2.59 bits per heavy atom. The van der Waals surface area contributed by atoms with Gasteiger partial charge in [0.25, 0.3) is 0 Å². The fourth-order valence-corrected chi connectivity index (χ4v) is 4.52. The topological polar surface area (TPSA) is 29.5 Å². The third-order valence-corrected chi connectivity index (χ3v) is 6.69. The zero-order valence-electron chi connectivity index (χ0n) is 14.9. The van der Waals surface area contributed by atoms with E-state index in [1.165, 1.54) is 6.07 Å². The second-order valence-corrected chi connectivity index (χ2v) is 9.71. The highest BCUT2D eigenvalue weighted by atomic mass is 127. The maximum absolute atomic E-state index is 14.5. The number of carbonyl (C=O) groups is 1. The van der Waals surface area contributed by atoms with Crippen LogP contribution in [0, 0.1) is 5.82 Å². The Balaban J connectivity index is 1.91. The molecule has 0 saturated carbocycles. The molecule has 1 heterocycles. The van der Waals surface area contributed by atoms with Crippen molar-refractivity contribution in [3.63, 3.8) is 0 Å². The Labute approximate surface area is 180 Å². The Kier molecular flexibility index (Phi) is 5.96. The first-order valence-corrected chi connectivity index (χ1v) is 10.5. The SMILES string of the molecule is C=CCC1(c2ccccc2F)CCN([C@@](C)(I)c2ccc(Br)cc2)C(=O)O1. The van der Waals surface area contributed by atoms with Crippen molar-refractivity contribution in [3.05, 3.63) is 82.6 Å². The van der Waals surface area contributed by atoms with Crippen LogP contribution in [-0.4, -0.2) is 17.5 Å². The van der Waals surface area contributed by atoms with E-state index in [-0.39, 0.29) is 5.82 Å². The van der Waals surface area contributed by atoms with Gasteiger partial charge in [-0.3, -0.25) is 4.90 Å². The summed E-state index contributed by atoms with van der Waals surface area (Å²) in [5, 5.41) is 0. The highest BCUT2D eigenvalue weighted by Crippen LogP contribution is 2.44. The molecule has 2 aromatic rings. The molecule has 2 atom stereocenters. The molecule has 1 aliphatic heterocycles. The van der Waals surface area contributed by atoms with Crippen LogP contribution in [0.1, 0.15) is 30.9 Å². The summed E-state index contributed by atoms with van der Waals surface area (Å²) in [6.45, 7) is 6.20. The predicted octanol–water partition coefficient (Wildman–Crippen LogP) is 6.51. The monoisotopic (exact) mass is 543 g/mol. The Bertz CT molecular complexity index is 856. The summed E-state index contributed by atoms with van der Waals surface area (Å²) in [4.78, 5) is 14.7. The third-order valence-electron chi connectivity index (χ3n) is 4.96. The number of amides is 1. The maximum atomic E-state index is 14.5. The normalized spacial score (nSPS) is 22.1. The van der Waals surface area contributed by atoms with Gasteiger partial charge in [-0.2, -0.15) is 0 Å². The van der Waals surface area contributed by atoms with Gasteiger partial charge in [-0.25, -0.2) is 9.18 Å². The first-order valence-electron chi connectivity index (χ1n) is 8.62. The molecular formula is C21H20BrFINO2. The molecule has 0 radical (unpaired) electrons. The summed E-state index contributed by atoms with van der Waals surface area (Å²) < 4.78 is 20.7. The van der Waals surface area contributed by atoms with Crippen LogP contribution in [0.5, 0.6) is 0 Å². The Morgan fingerprint density at radius 1 is 1.33 bits per heavy atom. The molecule has 1 amide bonds. The lowest BCUT2D eigenvalue weighted by Gasteiger charge is -2.46. The number of hydrogen-bond acceptors (Lipinski definition) is 2. The van der Waals surface area contributed by atoms with Crippen molar-refractivity contribution in [2.75, 3.05) is 6.54 Å². The van der Waals surface area contributed by atoms with Crippen molar-refractivity contribution in [1.82, 2.24) is 4.90 Å². The smallest absolute Gasteiger partial charge is 0.412 e. The molecule has 1 fully saturated rings. The summed E-state index contributed by atoms with van der Waals surface area (Å²) in [6, 6.07) is 14.3. The number of alkyl halides is 1. The molecular weight excluding hydrogens is 524 g/mol. The minimum absolute atomic E-state index is 0.365. The zero-order valence-corrected chi connectivity index (χ0v) is 18.7. The summed E-state index contributed by atoms with van der Waals surface area (Å²) in [6.07, 6.45) is 2.07. The van der Waals surface area contributed by atoms with Crippen LogP contribution in [0.25, 0.3) is 0 Å². The number of halogens is 3. The lowest BCUT2D eigenvalue weighted by molar-refractivity contribution is -0.0625. The number of nitrogens with zero attached hydrogens (tertiary/aromatic N) is 1. The Hall–Kier alpha value is -1.41. The van der Waals surface area contributed by atoms with Gasteiger partial charge in [0.2, 0.25) is 0 Å². The minimum Gasteiger partial charge on any atom is -0.437 e. The fraction of sp³-hybridized carbons (Fsp3) is 0.286. The molecule has 0 spiro atoms. The highest BCUT2D eigenvalue weighted by Gasteiger charge is 2.47. The van der Waals surface area contributed by atoms with Crippen molar-refractivity contribution in [1.29, 1.82) is 0 Å². The largest absolute Gasteiger partial charge is 0.437 e.